The first-order valence-corrected chi connectivity index (χ1v) is 8.37. The van der Waals surface area contributed by atoms with Gasteiger partial charge in [0, 0.05) is 18.8 Å². The highest BCUT2D eigenvalue weighted by atomic mass is 16.5. The average molecular weight is 363 g/mol. The summed E-state index contributed by atoms with van der Waals surface area (Å²) < 4.78 is 10.9. The SMILES string of the molecule is Cc1ccc2c(c1)N(C)C(=O)c1cc(NC(=O)c3cc(C)on3)ccc1O2. The van der Waals surface area contributed by atoms with Crippen molar-refractivity contribution in [1.29, 1.82) is 0 Å². The van der Waals surface area contributed by atoms with E-state index >= 15 is 0 Å². The highest BCUT2D eigenvalue weighted by molar-refractivity contribution is 6.10. The van der Waals surface area contributed by atoms with Crippen LogP contribution in [0.5, 0.6) is 11.5 Å². The van der Waals surface area contributed by atoms with Crippen LogP contribution in [-0.4, -0.2) is 24.0 Å². The molecule has 1 aliphatic rings. The van der Waals surface area contributed by atoms with Gasteiger partial charge in [-0.2, -0.15) is 0 Å². The predicted molar refractivity (Wildman–Crippen MR) is 99.6 cm³/mol. The second kappa shape index (κ2) is 6.28. The van der Waals surface area contributed by atoms with Crippen LogP contribution in [0, 0.1) is 13.8 Å². The number of benzene rings is 2. The topological polar surface area (TPSA) is 84.7 Å². The molecule has 1 N–H and O–H groups in total. The number of fused-ring (bicyclic) bond motifs is 2. The van der Waals surface area contributed by atoms with Crippen molar-refractivity contribution in [3.63, 3.8) is 0 Å². The van der Waals surface area contributed by atoms with Gasteiger partial charge in [0.2, 0.25) is 0 Å². The molecule has 0 radical (unpaired) electrons. The van der Waals surface area contributed by atoms with E-state index < -0.39 is 5.91 Å². The zero-order chi connectivity index (χ0) is 19.1. The van der Waals surface area contributed by atoms with E-state index in [2.05, 4.69) is 10.5 Å². The van der Waals surface area contributed by atoms with Crippen molar-refractivity contribution in [2.45, 2.75) is 13.8 Å². The molecule has 7 heteroatoms. The van der Waals surface area contributed by atoms with Crippen molar-refractivity contribution < 1.29 is 18.8 Å². The summed E-state index contributed by atoms with van der Waals surface area (Å²) in [6, 6.07) is 12.1. The third kappa shape index (κ3) is 3.03. The minimum atomic E-state index is -0.416. The standard InChI is InChI=1S/C20H17N3O4/c1-11-4-6-18-16(8-11)23(3)20(25)14-10-13(5-7-17(14)26-18)21-19(24)15-9-12(2)27-22-15/h4-10H,1-3H3,(H,21,24). The molecule has 0 bridgehead atoms. The van der Waals surface area contributed by atoms with Crippen LogP contribution in [0.2, 0.25) is 0 Å². The third-order valence-electron chi connectivity index (χ3n) is 4.33. The maximum absolute atomic E-state index is 12.9. The smallest absolute Gasteiger partial charge is 0.277 e. The molecular formula is C20H17N3O4. The van der Waals surface area contributed by atoms with E-state index in [-0.39, 0.29) is 11.6 Å². The van der Waals surface area contributed by atoms with Gasteiger partial charge in [-0.3, -0.25) is 9.59 Å². The number of carbonyl (C=O) groups is 2. The summed E-state index contributed by atoms with van der Waals surface area (Å²) in [6.45, 7) is 3.66. The van der Waals surface area contributed by atoms with Crippen LogP contribution in [0.4, 0.5) is 11.4 Å². The second-order valence-corrected chi connectivity index (χ2v) is 6.43. The van der Waals surface area contributed by atoms with Crippen LogP contribution in [0.3, 0.4) is 0 Å². The first-order valence-electron chi connectivity index (χ1n) is 8.37. The van der Waals surface area contributed by atoms with Gasteiger partial charge in [-0.1, -0.05) is 11.2 Å². The van der Waals surface area contributed by atoms with Gasteiger partial charge in [-0.15, -0.1) is 0 Å². The molecule has 1 aliphatic heterocycles. The van der Waals surface area contributed by atoms with Crippen molar-refractivity contribution in [1.82, 2.24) is 5.16 Å². The summed E-state index contributed by atoms with van der Waals surface area (Å²) in [5.41, 5.74) is 2.72. The summed E-state index contributed by atoms with van der Waals surface area (Å²) in [5, 5.41) is 6.41. The fourth-order valence-electron chi connectivity index (χ4n) is 2.92. The molecule has 3 aromatic rings. The highest BCUT2D eigenvalue weighted by Gasteiger charge is 2.26. The van der Waals surface area contributed by atoms with E-state index in [1.165, 1.54) is 0 Å². The number of rotatable bonds is 2. The van der Waals surface area contributed by atoms with E-state index in [1.807, 2.05) is 25.1 Å². The molecule has 0 atom stereocenters. The van der Waals surface area contributed by atoms with Gasteiger partial charge >= 0.3 is 0 Å². The lowest BCUT2D eigenvalue weighted by molar-refractivity contribution is 0.0989. The first kappa shape index (κ1) is 16.8. The molecule has 0 saturated heterocycles. The number of nitrogens with zero attached hydrogens (tertiary/aromatic N) is 2. The van der Waals surface area contributed by atoms with Crippen LogP contribution < -0.4 is 15.0 Å². The number of carbonyl (C=O) groups excluding carboxylic acids is 2. The normalized spacial score (nSPS) is 12.7. The fourth-order valence-corrected chi connectivity index (χ4v) is 2.92. The van der Waals surface area contributed by atoms with E-state index in [0.717, 1.165) is 5.56 Å². The van der Waals surface area contributed by atoms with Crippen molar-refractivity contribution in [3.05, 3.63) is 65.0 Å². The molecule has 2 amide bonds. The summed E-state index contributed by atoms with van der Waals surface area (Å²) in [4.78, 5) is 26.7. The van der Waals surface area contributed by atoms with Crippen LogP contribution in [0.25, 0.3) is 0 Å². The maximum Gasteiger partial charge on any atom is 0.277 e. The zero-order valence-electron chi connectivity index (χ0n) is 15.1. The molecule has 0 unspecified atom stereocenters. The summed E-state index contributed by atoms with van der Waals surface area (Å²) in [7, 11) is 1.70. The lowest BCUT2D eigenvalue weighted by atomic mass is 10.1. The minimum absolute atomic E-state index is 0.171. The Morgan fingerprint density at radius 1 is 1.07 bits per heavy atom. The molecule has 136 valence electrons. The molecule has 7 nitrogen and oxygen atoms in total. The van der Waals surface area contributed by atoms with E-state index in [9.17, 15) is 9.59 Å². The Balaban J connectivity index is 1.67. The molecule has 0 fully saturated rings. The van der Waals surface area contributed by atoms with Crippen LogP contribution >= 0.6 is 0 Å². The van der Waals surface area contributed by atoms with Gasteiger partial charge in [-0.05, 0) is 49.7 Å². The van der Waals surface area contributed by atoms with Crippen molar-refractivity contribution in [2.24, 2.45) is 0 Å². The number of anilines is 2. The quantitative estimate of drug-likeness (QED) is 0.746. The Bertz CT molecular complexity index is 1070. The molecule has 4 rings (SSSR count). The molecule has 2 aromatic carbocycles. The van der Waals surface area contributed by atoms with Gasteiger partial charge in [0.15, 0.2) is 11.4 Å². The molecule has 0 spiro atoms. The van der Waals surface area contributed by atoms with Crippen LogP contribution in [0.15, 0.2) is 47.0 Å². The number of nitrogens with one attached hydrogen (secondary N) is 1. The highest BCUT2D eigenvalue weighted by Crippen LogP contribution is 2.39. The molecule has 2 heterocycles. The first-order chi connectivity index (χ1) is 12.9. The van der Waals surface area contributed by atoms with Gasteiger partial charge in [0.25, 0.3) is 11.8 Å². The Morgan fingerprint density at radius 3 is 2.59 bits per heavy atom. The summed E-state index contributed by atoms with van der Waals surface area (Å²) in [6.07, 6.45) is 0. The minimum Gasteiger partial charge on any atom is -0.454 e. The number of aromatic nitrogens is 1. The zero-order valence-corrected chi connectivity index (χ0v) is 15.1. The molecule has 27 heavy (non-hydrogen) atoms. The van der Waals surface area contributed by atoms with Crippen LogP contribution in [-0.2, 0) is 0 Å². The number of amides is 2. The lowest BCUT2D eigenvalue weighted by Gasteiger charge is -2.16. The Kier molecular flexibility index (Phi) is 3.92. The summed E-state index contributed by atoms with van der Waals surface area (Å²) >= 11 is 0. The van der Waals surface area contributed by atoms with E-state index in [4.69, 9.17) is 9.26 Å². The van der Waals surface area contributed by atoms with Gasteiger partial charge in [0.05, 0.1) is 11.3 Å². The van der Waals surface area contributed by atoms with Gasteiger partial charge in [0.1, 0.15) is 11.5 Å². The third-order valence-corrected chi connectivity index (χ3v) is 4.33. The Morgan fingerprint density at radius 2 is 1.85 bits per heavy atom. The largest absolute Gasteiger partial charge is 0.454 e. The Labute approximate surface area is 155 Å². The lowest BCUT2D eigenvalue weighted by Crippen LogP contribution is -2.25. The van der Waals surface area contributed by atoms with Gasteiger partial charge in [-0.25, -0.2) is 0 Å². The second-order valence-electron chi connectivity index (χ2n) is 6.43. The Hall–Kier alpha value is -3.61. The average Bonchev–Trinajstić information content (AvgIpc) is 3.06. The molecule has 0 saturated carbocycles. The van der Waals surface area contributed by atoms with Crippen molar-refractivity contribution in [2.75, 3.05) is 17.3 Å². The molecule has 1 aromatic heterocycles. The van der Waals surface area contributed by atoms with Crippen molar-refractivity contribution in [3.8, 4) is 11.5 Å². The fraction of sp³-hybridized carbons (Fsp3) is 0.150. The molecule has 0 aliphatic carbocycles. The van der Waals surface area contributed by atoms with Crippen LogP contribution in [0.1, 0.15) is 32.2 Å². The van der Waals surface area contributed by atoms with Crippen molar-refractivity contribution >= 4 is 23.2 Å². The maximum atomic E-state index is 12.9. The number of aryl methyl sites for hydroxylation is 2. The predicted octanol–water partition coefficient (Wildman–Crippen LogP) is 3.93. The van der Waals surface area contributed by atoms with E-state index in [1.54, 1.807) is 43.1 Å². The van der Waals surface area contributed by atoms with Gasteiger partial charge < -0.3 is 19.5 Å². The van der Waals surface area contributed by atoms with E-state index in [0.29, 0.717) is 34.2 Å². The molecular weight excluding hydrogens is 346 g/mol. The number of hydrogen-bond acceptors (Lipinski definition) is 5. The number of ether oxygens (including phenoxy) is 1. The number of hydrogen-bond donors (Lipinski definition) is 1. The summed E-state index contributed by atoms with van der Waals surface area (Å²) in [5.74, 6) is 0.943. The monoisotopic (exact) mass is 363 g/mol.